The average Bonchev–Trinajstić information content (AvgIpc) is 3.26. The Kier molecular flexibility index (Phi) is 49.7. The molecule has 0 bridgehead atoms. The lowest BCUT2D eigenvalue weighted by molar-refractivity contribution is -0.167. The van der Waals surface area contributed by atoms with E-state index >= 15 is 0 Å². The Balaban J connectivity index is 4.28. The molecule has 0 aromatic heterocycles. The van der Waals surface area contributed by atoms with E-state index in [4.69, 9.17) is 14.2 Å². The van der Waals surface area contributed by atoms with Crippen molar-refractivity contribution in [2.75, 3.05) is 13.2 Å². The van der Waals surface area contributed by atoms with Crippen molar-refractivity contribution < 1.29 is 28.6 Å². The van der Waals surface area contributed by atoms with E-state index in [-0.39, 0.29) is 31.1 Å². The van der Waals surface area contributed by atoms with Crippen molar-refractivity contribution in [1.29, 1.82) is 0 Å². The third-order valence-corrected chi connectivity index (χ3v) is 12.6. The van der Waals surface area contributed by atoms with Crippen LogP contribution in [0.15, 0.2) is 0 Å². The van der Waals surface area contributed by atoms with Crippen molar-refractivity contribution in [3.05, 3.63) is 0 Å². The Morgan fingerprint density at radius 2 is 0.443 bits per heavy atom. The maximum absolute atomic E-state index is 12.8. The molecule has 6 heteroatoms. The van der Waals surface area contributed by atoms with Crippen LogP contribution in [0.2, 0.25) is 0 Å². The Labute approximate surface area is 380 Å². The predicted octanol–water partition coefficient (Wildman–Crippen LogP) is 18.0. The van der Waals surface area contributed by atoms with Crippen LogP contribution in [-0.4, -0.2) is 37.2 Å². The van der Waals surface area contributed by atoms with Crippen LogP contribution in [-0.2, 0) is 28.6 Å². The minimum Gasteiger partial charge on any atom is -0.462 e. The molecule has 61 heavy (non-hydrogen) atoms. The lowest BCUT2D eigenvalue weighted by Crippen LogP contribution is -2.30. The normalized spacial score (nSPS) is 11.9. The fourth-order valence-electron chi connectivity index (χ4n) is 8.45. The van der Waals surface area contributed by atoms with E-state index in [1.54, 1.807) is 0 Å². The van der Waals surface area contributed by atoms with E-state index < -0.39 is 6.10 Å². The van der Waals surface area contributed by atoms with Gasteiger partial charge in [-0.2, -0.15) is 0 Å². The smallest absolute Gasteiger partial charge is 0.306 e. The van der Waals surface area contributed by atoms with E-state index in [0.717, 1.165) is 57.8 Å². The molecule has 0 aliphatic rings. The molecular weight excluding hydrogens is 757 g/mol. The summed E-state index contributed by atoms with van der Waals surface area (Å²) < 4.78 is 16.8. The zero-order chi connectivity index (χ0) is 44.4. The molecule has 0 fully saturated rings. The summed E-state index contributed by atoms with van der Waals surface area (Å²) >= 11 is 0. The summed E-state index contributed by atoms with van der Waals surface area (Å²) in [7, 11) is 0. The Bertz CT molecular complexity index is 905. The highest BCUT2D eigenvalue weighted by atomic mass is 16.6. The first kappa shape index (κ1) is 59.4. The number of hydrogen-bond donors (Lipinski definition) is 0. The number of ether oxygens (including phenoxy) is 3. The number of carbonyl (C=O) groups excluding carboxylic acids is 3. The summed E-state index contributed by atoms with van der Waals surface area (Å²) in [6.45, 7) is 6.69. The highest BCUT2D eigenvalue weighted by Crippen LogP contribution is 2.17. The zero-order valence-electron chi connectivity index (χ0n) is 41.5. The SMILES string of the molecule is CCCCCCCCCCCCCCCCCCCC(=O)OC[C@@H](COC(=O)CCCCCCCCCCCCCC)OC(=O)CCCCCCCCCCCCCCCC. The molecule has 0 heterocycles. The molecule has 1 atom stereocenters. The van der Waals surface area contributed by atoms with Crippen molar-refractivity contribution in [3.8, 4) is 0 Å². The van der Waals surface area contributed by atoms with Gasteiger partial charge in [0.2, 0.25) is 0 Å². The number of esters is 3. The van der Waals surface area contributed by atoms with Crippen molar-refractivity contribution >= 4 is 17.9 Å². The number of hydrogen-bond acceptors (Lipinski definition) is 6. The van der Waals surface area contributed by atoms with Crippen LogP contribution < -0.4 is 0 Å². The van der Waals surface area contributed by atoms with Gasteiger partial charge in [-0.05, 0) is 19.3 Å². The summed E-state index contributed by atoms with van der Waals surface area (Å²) in [5.41, 5.74) is 0. The highest BCUT2D eigenvalue weighted by molar-refractivity contribution is 5.71. The fourth-order valence-corrected chi connectivity index (χ4v) is 8.45. The summed E-state index contributed by atoms with van der Waals surface area (Å²) in [6, 6.07) is 0. The molecule has 0 radical (unpaired) electrons. The number of unbranched alkanes of at least 4 members (excludes halogenated alkanes) is 40. The van der Waals surface area contributed by atoms with Crippen molar-refractivity contribution in [2.45, 2.75) is 322 Å². The van der Waals surface area contributed by atoms with Crippen LogP contribution in [0.4, 0.5) is 0 Å². The third kappa shape index (κ3) is 49.3. The lowest BCUT2D eigenvalue weighted by atomic mass is 10.0. The number of carbonyl (C=O) groups is 3. The average molecular weight is 863 g/mol. The van der Waals surface area contributed by atoms with Crippen molar-refractivity contribution in [1.82, 2.24) is 0 Å². The van der Waals surface area contributed by atoms with E-state index in [1.807, 2.05) is 0 Å². The molecule has 0 aliphatic heterocycles. The topological polar surface area (TPSA) is 78.9 Å². The molecule has 362 valence electrons. The molecule has 0 saturated heterocycles. The van der Waals surface area contributed by atoms with Gasteiger partial charge < -0.3 is 14.2 Å². The maximum Gasteiger partial charge on any atom is 0.306 e. The Hall–Kier alpha value is -1.59. The second kappa shape index (κ2) is 51.0. The van der Waals surface area contributed by atoms with Gasteiger partial charge >= 0.3 is 17.9 Å². The van der Waals surface area contributed by atoms with Crippen LogP contribution in [0, 0.1) is 0 Å². The van der Waals surface area contributed by atoms with Gasteiger partial charge in [0.05, 0.1) is 0 Å². The maximum atomic E-state index is 12.8. The zero-order valence-corrected chi connectivity index (χ0v) is 41.5. The quantitative estimate of drug-likeness (QED) is 0.0344. The molecule has 0 amide bonds. The number of rotatable bonds is 51. The van der Waals surface area contributed by atoms with Gasteiger partial charge in [0.15, 0.2) is 6.10 Å². The first-order chi connectivity index (χ1) is 30.0. The lowest BCUT2D eigenvalue weighted by Gasteiger charge is -2.18. The van der Waals surface area contributed by atoms with Crippen molar-refractivity contribution in [2.24, 2.45) is 0 Å². The van der Waals surface area contributed by atoms with Crippen LogP contribution in [0.3, 0.4) is 0 Å². The second-order valence-corrected chi connectivity index (χ2v) is 18.9. The van der Waals surface area contributed by atoms with Crippen molar-refractivity contribution in [3.63, 3.8) is 0 Å². The van der Waals surface area contributed by atoms with Gasteiger partial charge in [-0.1, -0.05) is 278 Å². The molecule has 0 aliphatic carbocycles. The van der Waals surface area contributed by atoms with E-state index in [1.165, 1.54) is 218 Å². The summed E-state index contributed by atoms with van der Waals surface area (Å²) in [4.78, 5) is 38.0. The molecule has 0 aromatic carbocycles. The van der Waals surface area contributed by atoms with E-state index in [2.05, 4.69) is 20.8 Å². The molecular formula is C55H106O6. The highest BCUT2D eigenvalue weighted by Gasteiger charge is 2.19. The van der Waals surface area contributed by atoms with Crippen LogP contribution in [0.5, 0.6) is 0 Å². The Morgan fingerprint density at radius 3 is 0.656 bits per heavy atom. The van der Waals surface area contributed by atoms with E-state index in [9.17, 15) is 14.4 Å². The molecule has 0 unspecified atom stereocenters. The molecule has 6 nitrogen and oxygen atoms in total. The van der Waals surface area contributed by atoms with Crippen LogP contribution >= 0.6 is 0 Å². The van der Waals surface area contributed by atoms with Gasteiger partial charge in [-0.15, -0.1) is 0 Å². The Morgan fingerprint density at radius 1 is 0.262 bits per heavy atom. The summed E-state index contributed by atoms with van der Waals surface area (Å²) in [6.07, 6.45) is 55.1. The molecule has 0 N–H and O–H groups in total. The first-order valence-electron chi connectivity index (χ1n) is 27.5. The third-order valence-electron chi connectivity index (χ3n) is 12.6. The monoisotopic (exact) mass is 863 g/mol. The van der Waals surface area contributed by atoms with Gasteiger partial charge in [-0.3, -0.25) is 14.4 Å². The van der Waals surface area contributed by atoms with Gasteiger partial charge in [0.1, 0.15) is 13.2 Å². The van der Waals surface area contributed by atoms with Crippen LogP contribution in [0.1, 0.15) is 316 Å². The standard InChI is InChI=1S/C55H106O6/c1-4-7-10-13-16-19-22-25-27-28-29-31-33-36-39-42-45-48-54(57)60-51-52(50-59-53(56)47-44-41-38-35-32-24-21-18-15-12-9-6-3)61-55(58)49-46-43-40-37-34-30-26-23-20-17-14-11-8-5-2/h52H,4-51H2,1-3H3/t52-/m1/s1. The van der Waals surface area contributed by atoms with Crippen LogP contribution in [0.25, 0.3) is 0 Å². The fraction of sp³-hybridized carbons (Fsp3) is 0.945. The van der Waals surface area contributed by atoms with E-state index in [0.29, 0.717) is 19.3 Å². The largest absolute Gasteiger partial charge is 0.462 e. The molecule has 0 spiro atoms. The first-order valence-corrected chi connectivity index (χ1v) is 27.5. The minimum absolute atomic E-state index is 0.0614. The van der Waals surface area contributed by atoms with Gasteiger partial charge in [-0.25, -0.2) is 0 Å². The predicted molar refractivity (Wildman–Crippen MR) is 261 cm³/mol. The molecule has 0 saturated carbocycles. The van der Waals surface area contributed by atoms with Gasteiger partial charge in [0, 0.05) is 19.3 Å². The molecule has 0 aromatic rings. The summed E-state index contributed by atoms with van der Waals surface area (Å²) in [5, 5.41) is 0. The minimum atomic E-state index is -0.760. The second-order valence-electron chi connectivity index (χ2n) is 18.9. The summed E-state index contributed by atoms with van der Waals surface area (Å²) in [5.74, 6) is -0.836. The molecule has 0 rings (SSSR count). The van der Waals surface area contributed by atoms with Gasteiger partial charge in [0.25, 0.3) is 0 Å².